The minimum atomic E-state index is -1.79. The molecule has 0 bridgehead atoms. The highest BCUT2D eigenvalue weighted by Crippen LogP contribution is 2.33. The molecule has 0 aliphatic heterocycles. The van der Waals surface area contributed by atoms with E-state index in [0.29, 0.717) is 12.0 Å². The zero-order chi connectivity index (χ0) is 14.3. The van der Waals surface area contributed by atoms with Crippen LogP contribution in [0, 0.1) is 0 Å². The summed E-state index contributed by atoms with van der Waals surface area (Å²) in [5, 5.41) is 10.0. The summed E-state index contributed by atoms with van der Waals surface area (Å²) < 4.78 is 4.72. The van der Waals surface area contributed by atoms with Gasteiger partial charge in [0, 0.05) is 0 Å². The maximum absolute atomic E-state index is 12.0. The molecular weight excluding hydrogens is 264 g/mol. The van der Waals surface area contributed by atoms with Gasteiger partial charge in [-0.05, 0) is 12.0 Å². The van der Waals surface area contributed by atoms with Gasteiger partial charge in [0.1, 0.15) is 0 Å². The van der Waals surface area contributed by atoms with Gasteiger partial charge in [0.15, 0.2) is 0 Å². The molecule has 1 rings (SSSR count). The zero-order valence-electron chi connectivity index (χ0n) is 11.4. The average molecular weight is 285 g/mol. The van der Waals surface area contributed by atoms with Gasteiger partial charge in [0.05, 0.1) is 12.5 Å². The van der Waals surface area contributed by atoms with E-state index in [0.717, 1.165) is 19.3 Å². The van der Waals surface area contributed by atoms with Gasteiger partial charge >= 0.3 is 5.97 Å². The van der Waals surface area contributed by atoms with E-state index in [9.17, 15) is 9.90 Å². The number of rotatable bonds is 7. The molecule has 0 saturated carbocycles. The number of carbonyl (C=O) groups is 1. The fourth-order valence-electron chi connectivity index (χ4n) is 2.06. The predicted molar refractivity (Wildman–Crippen MR) is 76.1 cm³/mol. The zero-order valence-corrected chi connectivity index (χ0v) is 12.2. The normalized spacial score (nSPS) is 15.6. The Balaban J connectivity index is 2.96. The summed E-state index contributed by atoms with van der Waals surface area (Å²) in [5.74, 6) is -0.713. The highest BCUT2D eigenvalue weighted by atomic mass is 35.5. The Bertz CT molecular complexity index is 394. The number of halogens is 1. The first-order chi connectivity index (χ1) is 9.07. The highest BCUT2D eigenvalue weighted by molar-refractivity contribution is 6.23. The quantitative estimate of drug-likeness (QED) is 0.475. The third kappa shape index (κ3) is 3.71. The van der Waals surface area contributed by atoms with Crippen LogP contribution < -0.4 is 0 Å². The van der Waals surface area contributed by atoms with Crippen LogP contribution in [0.2, 0.25) is 0 Å². The molecule has 3 nitrogen and oxygen atoms in total. The molecule has 0 heterocycles. The molecule has 0 spiro atoms. The van der Waals surface area contributed by atoms with Crippen LogP contribution in [0.4, 0.5) is 0 Å². The summed E-state index contributed by atoms with van der Waals surface area (Å²) in [4.78, 5) is 12.0. The van der Waals surface area contributed by atoms with Crippen molar-refractivity contribution >= 4 is 17.6 Å². The Hall–Kier alpha value is -1.06. The molecule has 1 N–H and O–H groups in total. The molecule has 2 atom stereocenters. The van der Waals surface area contributed by atoms with Gasteiger partial charge in [-0.3, -0.25) is 0 Å². The van der Waals surface area contributed by atoms with Crippen LogP contribution in [-0.2, 0) is 15.1 Å². The molecule has 0 unspecified atom stereocenters. The van der Waals surface area contributed by atoms with Crippen LogP contribution >= 0.6 is 11.6 Å². The molecular formula is C15H21ClO3. The minimum Gasteiger partial charge on any atom is -0.467 e. The van der Waals surface area contributed by atoms with E-state index in [-0.39, 0.29) is 0 Å². The van der Waals surface area contributed by atoms with Crippen molar-refractivity contribution in [3.63, 3.8) is 0 Å². The van der Waals surface area contributed by atoms with Gasteiger partial charge in [-0.1, -0.05) is 56.5 Å². The number of alkyl halides is 1. The van der Waals surface area contributed by atoms with Crippen LogP contribution in [0.15, 0.2) is 30.3 Å². The molecule has 1 aromatic carbocycles. The highest BCUT2D eigenvalue weighted by Gasteiger charge is 2.45. The lowest BCUT2D eigenvalue weighted by Gasteiger charge is -2.30. The average Bonchev–Trinajstić information content (AvgIpc) is 2.46. The lowest BCUT2D eigenvalue weighted by molar-refractivity contribution is -0.164. The summed E-state index contributed by atoms with van der Waals surface area (Å²) in [6.07, 6.45) is 3.52. The molecule has 0 saturated heterocycles. The van der Waals surface area contributed by atoms with Crippen molar-refractivity contribution < 1.29 is 14.6 Å². The van der Waals surface area contributed by atoms with Gasteiger partial charge in [-0.2, -0.15) is 0 Å². The standard InChI is InChI=1S/C15H21ClO3/c1-3-4-6-11-13(16)15(18,14(17)19-2)12-9-7-5-8-10-12/h5,7-10,13,18H,3-4,6,11H2,1-2H3/t13-,15+/m0/s1. The first-order valence-electron chi connectivity index (χ1n) is 6.57. The largest absolute Gasteiger partial charge is 0.467 e. The molecule has 0 aromatic heterocycles. The van der Waals surface area contributed by atoms with E-state index < -0.39 is 16.9 Å². The lowest BCUT2D eigenvalue weighted by Crippen LogP contribution is -2.45. The van der Waals surface area contributed by atoms with Crippen molar-refractivity contribution in [2.24, 2.45) is 0 Å². The molecule has 1 aromatic rings. The second kappa shape index (κ2) is 7.51. The summed E-state index contributed by atoms with van der Waals surface area (Å²) >= 11 is 6.28. The van der Waals surface area contributed by atoms with E-state index in [4.69, 9.17) is 16.3 Å². The minimum absolute atomic E-state index is 0.471. The van der Waals surface area contributed by atoms with Crippen molar-refractivity contribution in [1.82, 2.24) is 0 Å². The third-order valence-electron chi connectivity index (χ3n) is 3.22. The van der Waals surface area contributed by atoms with Crippen molar-refractivity contribution in [1.29, 1.82) is 0 Å². The van der Waals surface area contributed by atoms with Crippen molar-refractivity contribution in [2.75, 3.05) is 7.11 Å². The van der Waals surface area contributed by atoms with Gasteiger partial charge in [0.2, 0.25) is 5.60 Å². The number of ether oxygens (including phenoxy) is 1. The fourth-order valence-corrected chi connectivity index (χ4v) is 2.43. The molecule has 4 heteroatoms. The van der Waals surface area contributed by atoms with E-state index in [2.05, 4.69) is 6.92 Å². The summed E-state index contributed by atoms with van der Waals surface area (Å²) in [7, 11) is 1.26. The Kier molecular flexibility index (Phi) is 6.32. The van der Waals surface area contributed by atoms with Crippen molar-refractivity contribution in [3.05, 3.63) is 35.9 Å². The van der Waals surface area contributed by atoms with Crippen LogP contribution in [0.1, 0.15) is 38.2 Å². The molecule has 19 heavy (non-hydrogen) atoms. The Morgan fingerprint density at radius 3 is 2.53 bits per heavy atom. The number of methoxy groups -OCH3 is 1. The topological polar surface area (TPSA) is 46.5 Å². The second-order valence-electron chi connectivity index (χ2n) is 4.59. The number of esters is 1. The molecule has 0 fully saturated rings. The first kappa shape index (κ1) is 16.0. The smallest absolute Gasteiger partial charge is 0.344 e. The van der Waals surface area contributed by atoms with Gasteiger partial charge in [-0.15, -0.1) is 11.6 Å². The van der Waals surface area contributed by atoms with Crippen LogP contribution in [-0.4, -0.2) is 23.6 Å². The number of hydrogen-bond donors (Lipinski definition) is 1. The van der Waals surface area contributed by atoms with E-state index in [1.807, 2.05) is 6.07 Å². The molecule has 0 aliphatic carbocycles. The molecule has 0 amide bonds. The van der Waals surface area contributed by atoms with E-state index >= 15 is 0 Å². The van der Waals surface area contributed by atoms with Gasteiger partial charge in [-0.25, -0.2) is 4.79 Å². The number of benzene rings is 1. The van der Waals surface area contributed by atoms with Gasteiger partial charge < -0.3 is 9.84 Å². The maximum atomic E-state index is 12.0. The Morgan fingerprint density at radius 1 is 1.37 bits per heavy atom. The number of aliphatic hydroxyl groups is 1. The van der Waals surface area contributed by atoms with E-state index in [1.165, 1.54) is 7.11 Å². The van der Waals surface area contributed by atoms with Gasteiger partial charge in [0.25, 0.3) is 0 Å². The third-order valence-corrected chi connectivity index (χ3v) is 3.76. The second-order valence-corrected chi connectivity index (χ2v) is 5.11. The summed E-state index contributed by atoms with van der Waals surface area (Å²) in [6.45, 7) is 2.09. The van der Waals surface area contributed by atoms with Crippen LogP contribution in [0.3, 0.4) is 0 Å². The van der Waals surface area contributed by atoms with Crippen molar-refractivity contribution in [3.8, 4) is 0 Å². The summed E-state index contributed by atoms with van der Waals surface area (Å²) in [5.41, 5.74) is -1.32. The monoisotopic (exact) mass is 284 g/mol. The van der Waals surface area contributed by atoms with Crippen LogP contribution in [0.5, 0.6) is 0 Å². The fraction of sp³-hybridized carbons (Fsp3) is 0.533. The molecule has 106 valence electrons. The molecule has 0 aliphatic rings. The van der Waals surface area contributed by atoms with E-state index in [1.54, 1.807) is 24.3 Å². The summed E-state index contributed by atoms with van der Waals surface area (Å²) in [6, 6.07) is 8.72. The molecule has 0 radical (unpaired) electrons. The Labute approximate surface area is 119 Å². The SMILES string of the molecule is CCCCC[C@H](Cl)[C@@](O)(C(=O)OC)c1ccccc1. The predicted octanol–water partition coefficient (Wildman–Crippen LogP) is 3.23. The first-order valence-corrected chi connectivity index (χ1v) is 7.01. The number of carbonyl (C=O) groups excluding carboxylic acids is 1. The number of unbranched alkanes of at least 4 members (excludes halogenated alkanes) is 2. The lowest BCUT2D eigenvalue weighted by atomic mass is 9.87. The Morgan fingerprint density at radius 2 is 2.00 bits per heavy atom. The number of hydrogen-bond acceptors (Lipinski definition) is 3. The maximum Gasteiger partial charge on any atom is 0.344 e. The van der Waals surface area contributed by atoms with Crippen LogP contribution in [0.25, 0.3) is 0 Å². The van der Waals surface area contributed by atoms with Crippen molar-refractivity contribution in [2.45, 2.75) is 43.6 Å².